The minimum atomic E-state index is -0.422. The average molecular weight is 645 g/mol. The molecule has 7 rings (SSSR count). The van der Waals surface area contributed by atoms with E-state index in [0.29, 0.717) is 42.4 Å². The number of nitrogens with one attached hydrogen (secondary N) is 1. The zero-order valence-electron chi connectivity index (χ0n) is 27.9. The van der Waals surface area contributed by atoms with Crippen molar-refractivity contribution in [3.8, 4) is 29.1 Å². The van der Waals surface area contributed by atoms with Crippen molar-refractivity contribution in [1.29, 1.82) is 5.26 Å². The molecule has 246 valence electrons. The molecule has 3 aliphatic rings. The van der Waals surface area contributed by atoms with Crippen LogP contribution >= 0.6 is 0 Å². The molecule has 4 aromatic rings. The second-order valence-electron chi connectivity index (χ2n) is 12.7. The molecule has 9 nitrogen and oxygen atoms in total. The zero-order valence-corrected chi connectivity index (χ0v) is 27.9. The van der Waals surface area contributed by atoms with Crippen molar-refractivity contribution in [1.82, 2.24) is 15.1 Å². The number of rotatable bonds is 8. The highest BCUT2D eigenvalue weighted by Crippen LogP contribution is 2.52. The number of benzene rings is 4. The molecule has 0 radical (unpaired) electrons. The number of fused-ring (bicyclic) bond motifs is 8. The van der Waals surface area contributed by atoms with Crippen LogP contribution < -0.4 is 24.3 Å². The molecule has 1 fully saturated rings. The fourth-order valence-corrected chi connectivity index (χ4v) is 8.12. The van der Waals surface area contributed by atoms with E-state index in [0.717, 1.165) is 27.5 Å². The molecule has 3 aliphatic heterocycles. The van der Waals surface area contributed by atoms with E-state index < -0.39 is 6.04 Å². The first-order chi connectivity index (χ1) is 23.4. The van der Waals surface area contributed by atoms with E-state index in [1.54, 1.807) is 34.5 Å². The Morgan fingerprint density at radius 2 is 1.44 bits per heavy atom. The first-order valence-corrected chi connectivity index (χ1v) is 16.2. The minimum Gasteiger partial charge on any atom is -0.493 e. The summed E-state index contributed by atoms with van der Waals surface area (Å²) in [5.41, 5.74) is 5.42. The molecule has 0 unspecified atom stereocenters. The molecule has 0 spiro atoms. The number of ether oxygens (including phenoxy) is 4. The van der Waals surface area contributed by atoms with E-state index in [4.69, 9.17) is 18.9 Å². The summed E-state index contributed by atoms with van der Waals surface area (Å²) in [5, 5.41) is 16.2. The van der Waals surface area contributed by atoms with E-state index in [1.807, 2.05) is 36.4 Å². The van der Waals surface area contributed by atoms with Gasteiger partial charge in [-0.15, -0.1) is 0 Å². The Morgan fingerprint density at radius 3 is 2.10 bits per heavy atom. The number of nitrogens with zero attached hydrogens (tertiary/aromatic N) is 3. The largest absolute Gasteiger partial charge is 0.493 e. The van der Waals surface area contributed by atoms with Crippen LogP contribution in [0.3, 0.4) is 0 Å². The highest BCUT2D eigenvalue weighted by molar-refractivity contribution is 5.93. The third kappa shape index (κ3) is 5.31. The third-order valence-electron chi connectivity index (χ3n) is 10.4. The van der Waals surface area contributed by atoms with Gasteiger partial charge in [-0.2, -0.15) is 5.26 Å². The Balaban J connectivity index is 1.26. The summed E-state index contributed by atoms with van der Waals surface area (Å²) in [7, 11) is 8.69. The Morgan fingerprint density at radius 1 is 0.833 bits per heavy atom. The van der Waals surface area contributed by atoms with Crippen molar-refractivity contribution in [3.05, 3.63) is 101 Å². The van der Waals surface area contributed by atoms with E-state index in [9.17, 15) is 10.1 Å². The topological polar surface area (TPSA) is 96.3 Å². The van der Waals surface area contributed by atoms with Crippen molar-refractivity contribution in [3.63, 3.8) is 0 Å². The molecule has 9 heteroatoms. The van der Waals surface area contributed by atoms with Gasteiger partial charge in [0.05, 0.1) is 46.6 Å². The number of hydrogen-bond donors (Lipinski definition) is 1. The van der Waals surface area contributed by atoms with E-state index >= 15 is 0 Å². The van der Waals surface area contributed by atoms with Crippen LogP contribution in [0.2, 0.25) is 0 Å². The number of carbonyl (C=O) groups excluding carboxylic acids is 1. The number of carbonyl (C=O) groups is 1. The molecule has 0 aliphatic carbocycles. The Kier molecular flexibility index (Phi) is 8.46. The molecule has 5 atom stereocenters. The van der Waals surface area contributed by atoms with Crippen molar-refractivity contribution in [2.45, 2.75) is 43.1 Å². The lowest BCUT2D eigenvalue weighted by molar-refractivity contribution is -0.117. The van der Waals surface area contributed by atoms with Gasteiger partial charge in [-0.05, 0) is 94.9 Å². The molecule has 1 N–H and O–H groups in total. The second kappa shape index (κ2) is 12.9. The maximum absolute atomic E-state index is 13.4. The fourth-order valence-electron chi connectivity index (χ4n) is 8.12. The minimum absolute atomic E-state index is 0.0181. The van der Waals surface area contributed by atoms with E-state index in [-0.39, 0.29) is 30.1 Å². The molecule has 3 heterocycles. The van der Waals surface area contributed by atoms with Crippen molar-refractivity contribution >= 4 is 22.8 Å². The van der Waals surface area contributed by atoms with Crippen molar-refractivity contribution < 1.29 is 23.7 Å². The Labute approximate surface area is 281 Å². The van der Waals surface area contributed by atoms with Crippen LogP contribution in [-0.2, 0) is 17.6 Å². The summed E-state index contributed by atoms with van der Waals surface area (Å²) >= 11 is 0. The monoisotopic (exact) mass is 644 g/mol. The standard InChI is InChI=1S/C39H40N4O5/c1-42-30-15-27-18-35(46-3)37(48-5)20-29(27)39(42)31-16-26-17-34(45-2)36(47-4)19-28(26)33(43(31)32(30)21-40)22-41-38(44)13-11-23-10-12-24-8-6-7-9-25(24)14-23/h6-14,17-20,30-33,39H,15-16,22H2,1-5H3,(H,41,44)/b13-11+/t30-,31-,32-,33-,39+/m0/s1. The van der Waals surface area contributed by atoms with Gasteiger partial charge in [-0.1, -0.05) is 36.4 Å². The molecule has 4 aromatic carbocycles. The summed E-state index contributed by atoms with van der Waals surface area (Å²) in [5.74, 6) is 2.44. The van der Waals surface area contributed by atoms with Crippen molar-refractivity contribution in [2.75, 3.05) is 42.0 Å². The molecular weight excluding hydrogens is 604 g/mol. The van der Waals surface area contributed by atoms with Crippen LogP contribution in [0.25, 0.3) is 16.8 Å². The van der Waals surface area contributed by atoms with Gasteiger partial charge in [0.15, 0.2) is 23.0 Å². The summed E-state index contributed by atoms with van der Waals surface area (Å²) in [6, 6.07) is 24.4. The highest BCUT2D eigenvalue weighted by Gasteiger charge is 2.54. The molecule has 2 bridgehead atoms. The first kappa shape index (κ1) is 31.6. The summed E-state index contributed by atoms with van der Waals surface area (Å²) in [6.45, 7) is 0.319. The van der Waals surface area contributed by atoms with Crippen LogP contribution in [0.4, 0.5) is 0 Å². The number of methoxy groups -OCH3 is 4. The quantitative estimate of drug-likeness (QED) is 0.252. The molecule has 0 saturated carbocycles. The van der Waals surface area contributed by atoms with Gasteiger partial charge in [-0.25, -0.2) is 0 Å². The Bertz CT molecular complexity index is 1950. The number of hydrogen-bond acceptors (Lipinski definition) is 8. The normalized spacial score (nSPS) is 23.0. The van der Waals surface area contributed by atoms with E-state index in [2.05, 4.69) is 64.6 Å². The van der Waals surface area contributed by atoms with Crippen LogP contribution in [0.1, 0.15) is 39.9 Å². The number of piperazine rings is 1. The lowest BCUT2D eigenvalue weighted by Gasteiger charge is -2.60. The van der Waals surface area contributed by atoms with Gasteiger partial charge in [0.2, 0.25) is 5.91 Å². The van der Waals surface area contributed by atoms with Gasteiger partial charge in [0.1, 0.15) is 6.04 Å². The van der Waals surface area contributed by atoms with Crippen LogP contribution in [-0.4, -0.2) is 75.9 Å². The third-order valence-corrected chi connectivity index (χ3v) is 10.4. The smallest absolute Gasteiger partial charge is 0.244 e. The fraction of sp³-hybridized carbons (Fsp3) is 0.333. The van der Waals surface area contributed by atoms with Gasteiger partial charge >= 0.3 is 0 Å². The lowest BCUT2D eigenvalue weighted by atomic mass is 9.72. The maximum Gasteiger partial charge on any atom is 0.244 e. The predicted molar refractivity (Wildman–Crippen MR) is 185 cm³/mol. The maximum atomic E-state index is 13.4. The van der Waals surface area contributed by atoms with Gasteiger partial charge in [0, 0.05) is 24.7 Å². The van der Waals surface area contributed by atoms with Crippen LogP contribution in [0.5, 0.6) is 23.0 Å². The van der Waals surface area contributed by atoms with Crippen LogP contribution in [0, 0.1) is 11.3 Å². The average Bonchev–Trinajstić information content (AvgIpc) is 3.11. The van der Waals surface area contributed by atoms with Crippen LogP contribution in [0.15, 0.2) is 72.8 Å². The van der Waals surface area contributed by atoms with Gasteiger partial charge in [-0.3, -0.25) is 14.6 Å². The zero-order chi connectivity index (χ0) is 33.5. The SMILES string of the molecule is COc1cc2c(cc1OC)[C@@H]1[C@@H]3Cc4cc(OC)c(OC)cc4[C@H](CNC(=O)/C=C/c4ccc5ccccc5c4)N3[C@@H](C#N)[C@H](C2)N1C. The van der Waals surface area contributed by atoms with E-state index in [1.165, 1.54) is 11.1 Å². The van der Waals surface area contributed by atoms with Crippen molar-refractivity contribution in [2.24, 2.45) is 0 Å². The summed E-state index contributed by atoms with van der Waals surface area (Å²) in [6.07, 6.45) is 4.80. The predicted octanol–water partition coefficient (Wildman–Crippen LogP) is 5.48. The molecule has 1 amide bonds. The number of nitriles is 1. The van der Waals surface area contributed by atoms with Gasteiger partial charge < -0.3 is 24.3 Å². The lowest BCUT2D eigenvalue weighted by Crippen LogP contribution is -2.68. The summed E-state index contributed by atoms with van der Waals surface area (Å²) in [4.78, 5) is 18.1. The molecule has 0 aromatic heterocycles. The second-order valence-corrected chi connectivity index (χ2v) is 12.7. The molecule has 48 heavy (non-hydrogen) atoms. The highest BCUT2D eigenvalue weighted by atomic mass is 16.5. The Hall–Kier alpha value is -5.04. The van der Waals surface area contributed by atoms with Gasteiger partial charge in [0.25, 0.3) is 0 Å². The number of amides is 1. The summed E-state index contributed by atoms with van der Waals surface area (Å²) < 4.78 is 22.8. The molecule has 1 saturated heterocycles. The molecular formula is C39H40N4O5. The first-order valence-electron chi connectivity index (χ1n) is 16.2. The number of likely N-dealkylation sites (N-methyl/N-ethyl adjacent to an activating group) is 1.